The highest BCUT2D eigenvalue weighted by Crippen LogP contribution is 2.47. The highest BCUT2D eigenvalue weighted by Gasteiger charge is 2.48. The lowest BCUT2D eigenvalue weighted by atomic mass is 9.74. The first kappa shape index (κ1) is 32.1. The van der Waals surface area contributed by atoms with E-state index >= 15 is 0 Å². The van der Waals surface area contributed by atoms with Gasteiger partial charge >= 0.3 is 0 Å². The lowest BCUT2D eigenvalue weighted by Gasteiger charge is -2.41. The van der Waals surface area contributed by atoms with Gasteiger partial charge in [-0.15, -0.1) is 12.4 Å². The van der Waals surface area contributed by atoms with Crippen LogP contribution in [0.5, 0.6) is 5.75 Å². The molecule has 3 aromatic carbocycles. The Hall–Kier alpha value is -3.31. The van der Waals surface area contributed by atoms with Crippen molar-refractivity contribution in [3.8, 4) is 5.75 Å². The molecule has 3 heterocycles. The second-order valence-electron chi connectivity index (χ2n) is 11.9. The maximum absolute atomic E-state index is 14.0. The van der Waals surface area contributed by atoms with E-state index in [1.54, 1.807) is 29.2 Å². The molecule has 0 bridgehead atoms. The van der Waals surface area contributed by atoms with Crippen LogP contribution in [-0.2, 0) is 44.4 Å². The minimum atomic E-state index is -3.44. The van der Waals surface area contributed by atoms with Gasteiger partial charge in [0.1, 0.15) is 11.8 Å². The third-order valence-corrected chi connectivity index (χ3v) is 10.4. The Morgan fingerprint density at radius 2 is 1.77 bits per heavy atom. The number of hydrogen-bond acceptors (Lipinski definition) is 6. The van der Waals surface area contributed by atoms with Crippen LogP contribution >= 0.6 is 24.0 Å². The first-order chi connectivity index (χ1) is 20.5. The molecule has 3 aliphatic heterocycles. The summed E-state index contributed by atoms with van der Waals surface area (Å²) in [6, 6.07) is 18.7. The molecule has 2 atom stereocenters. The van der Waals surface area contributed by atoms with Crippen molar-refractivity contribution in [3.63, 3.8) is 0 Å². The largest absolute Gasteiger partial charge is 0.508 e. The number of nitrogens with zero attached hydrogens (tertiary/aromatic N) is 2. The van der Waals surface area contributed by atoms with Gasteiger partial charge in [-0.1, -0.05) is 48.0 Å². The third kappa shape index (κ3) is 6.40. The number of sulfonamides is 1. The molecular formula is C32H36Cl2N4O5S. The van der Waals surface area contributed by atoms with E-state index in [0.29, 0.717) is 56.9 Å². The fourth-order valence-electron chi connectivity index (χ4n) is 6.70. The zero-order valence-corrected chi connectivity index (χ0v) is 26.7. The lowest BCUT2D eigenvalue weighted by molar-refractivity contribution is -0.138. The van der Waals surface area contributed by atoms with Crippen molar-refractivity contribution in [2.24, 2.45) is 0 Å². The van der Waals surface area contributed by atoms with E-state index in [4.69, 9.17) is 11.6 Å². The Kier molecular flexibility index (Phi) is 9.18. The topological polar surface area (TPSA) is 119 Å². The smallest absolute Gasteiger partial charge is 0.245 e. The molecule has 12 heteroatoms. The van der Waals surface area contributed by atoms with Crippen molar-refractivity contribution < 1.29 is 23.1 Å². The van der Waals surface area contributed by atoms with E-state index in [1.807, 2.05) is 42.5 Å². The molecule has 3 aromatic rings. The molecule has 44 heavy (non-hydrogen) atoms. The number of phenolic OH excluding ortho intramolecular Hbond substituents is 1. The van der Waals surface area contributed by atoms with Crippen LogP contribution in [0.1, 0.15) is 35.1 Å². The Morgan fingerprint density at radius 1 is 1.07 bits per heavy atom. The fraction of sp³-hybridized carbons (Fsp3) is 0.375. The number of nitrogens with one attached hydrogen (secondary N) is 2. The number of anilines is 1. The number of likely N-dealkylation sites (tertiary alicyclic amines) is 1. The predicted molar refractivity (Wildman–Crippen MR) is 173 cm³/mol. The molecule has 6 rings (SSSR count). The van der Waals surface area contributed by atoms with E-state index in [-0.39, 0.29) is 35.4 Å². The van der Waals surface area contributed by atoms with Crippen LogP contribution < -0.4 is 14.9 Å². The monoisotopic (exact) mass is 658 g/mol. The number of rotatable bonds is 6. The Morgan fingerprint density at radius 3 is 2.48 bits per heavy atom. The summed E-state index contributed by atoms with van der Waals surface area (Å²) in [6.07, 6.45) is 3.24. The summed E-state index contributed by atoms with van der Waals surface area (Å²) in [5, 5.41) is 16.7. The molecule has 0 aliphatic carbocycles. The third-order valence-electron chi connectivity index (χ3n) is 9.06. The minimum Gasteiger partial charge on any atom is -0.508 e. The van der Waals surface area contributed by atoms with E-state index in [2.05, 4.69) is 10.6 Å². The Balaban J connectivity index is 0.00000384. The minimum absolute atomic E-state index is 0. The van der Waals surface area contributed by atoms with Crippen LogP contribution in [0, 0.1) is 0 Å². The predicted octanol–water partition coefficient (Wildman–Crippen LogP) is 3.55. The van der Waals surface area contributed by atoms with Gasteiger partial charge in [-0.2, -0.15) is 0 Å². The summed E-state index contributed by atoms with van der Waals surface area (Å²) in [5.41, 5.74) is 4.17. The number of halogens is 2. The highest BCUT2D eigenvalue weighted by atomic mass is 35.5. The number of piperidine rings is 1. The van der Waals surface area contributed by atoms with Crippen molar-refractivity contribution in [2.75, 3.05) is 30.2 Å². The van der Waals surface area contributed by atoms with Crippen molar-refractivity contribution in [3.05, 3.63) is 94.0 Å². The van der Waals surface area contributed by atoms with Crippen molar-refractivity contribution in [2.45, 2.75) is 49.7 Å². The number of aromatic hydroxyl groups is 1. The fourth-order valence-corrected chi connectivity index (χ4v) is 7.82. The number of para-hydroxylation sites is 1. The maximum atomic E-state index is 14.0. The number of hydrogen-bond donors (Lipinski definition) is 3. The van der Waals surface area contributed by atoms with E-state index in [0.717, 1.165) is 27.9 Å². The summed E-state index contributed by atoms with van der Waals surface area (Å²) >= 11 is 6.09. The zero-order chi connectivity index (χ0) is 30.4. The van der Waals surface area contributed by atoms with E-state index in [1.165, 1.54) is 10.6 Å². The van der Waals surface area contributed by atoms with Crippen molar-refractivity contribution >= 4 is 51.5 Å². The molecular weight excluding hydrogens is 623 g/mol. The first-order valence-corrected chi connectivity index (χ1v) is 16.7. The average Bonchev–Trinajstić information content (AvgIpc) is 3.32. The molecule has 2 amide bonds. The first-order valence-electron chi connectivity index (χ1n) is 14.5. The van der Waals surface area contributed by atoms with Crippen LogP contribution in [0.4, 0.5) is 5.69 Å². The molecule has 1 spiro atoms. The molecule has 0 aromatic heterocycles. The number of carbonyl (C=O) groups is 2. The highest BCUT2D eigenvalue weighted by molar-refractivity contribution is 7.92. The van der Waals surface area contributed by atoms with Gasteiger partial charge in [0.15, 0.2) is 0 Å². The van der Waals surface area contributed by atoms with Gasteiger partial charge in [0.05, 0.1) is 18.0 Å². The molecule has 1 fully saturated rings. The van der Waals surface area contributed by atoms with Crippen LogP contribution in [-0.4, -0.2) is 68.2 Å². The number of amides is 2. The number of benzene rings is 3. The molecule has 3 aliphatic rings. The molecule has 234 valence electrons. The van der Waals surface area contributed by atoms with Gasteiger partial charge in [-0.05, 0) is 71.8 Å². The van der Waals surface area contributed by atoms with Gasteiger partial charge in [0, 0.05) is 43.0 Å². The van der Waals surface area contributed by atoms with Crippen molar-refractivity contribution in [1.29, 1.82) is 0 Å². The van der Waals surface area contributed by atoms with Gasteiger partial charge in [0.25, 0.3) is 0 Å². The van der Waals surface area contributed by atoms with Gasteiger partial charge in [-0.3, -0.25) is 13.9 Å². The number of phenols is 1. The molecule has 1 saturated heterocycles. The van der Waals surface area contributed by atoms with Crippen LogP contribution in [0.2, 0.25) is 5.02 Å². The summed E-state index contributed by atoms with van der Waals surface area (Å²) in [7, 11) is -3.44. The average molecular weight is 660 g/mol. The second kappa shape index (κ2) is 12.6. The Bertz CT molecular complexity index is 1660. The van der Waals surface area contributed by atoms with Gasteiger partial charge < -0.3 is 20.6 Å². The SMILES string of the molecule is CS(=O)(=O)N1CC2(CCN(C(=O)[C@@H](Cc3ccc(Cl)cc3)NC(=O)C3Cc4ccc(O)cc4CN3)CC2)c2ccccc21.Cl. The molecule has 1 unspecified atom stereocenters. The Labute approximate surface area is 269 Å². The molecule has 9 nitrogen and oxygen atoms in total. The number of carbonyl (C=O) groups excluding carboxylic acids is 2. The van der Waals surface area contributed by atoms with Crippen LogP contribution in [0.15, 0.2) is 66.7 Å². The summed E-state index contributed by atoms with van der Waals surface area (Å²) in [5.74, 6) is -0.232. The van der Waals surface area contributed by atoms with E-state index < -0.39 is 22.1 Å². The van der Waals surface area contributed by atoms with Crippen LogP contribution in [0.25, 0.3) is 0 Å². The molecule has 0 saturated carbocycles. The quantitative estimate of drug-likeness (QED) is 0.373. The second-order valence-corrected chi connectivity index (χ2v) is 14.2. The zero-order valence-electron chi connectivity index (χ0n) is 24.3. The molecule has 0 radical (unpaired) electrons. The van der Waals surface area contributed by atoms with Crippen molar-refractivity contribution in [1.82, 2.24) is 15.5 Å². The summed E-state index contributed by atoms with van der Waals surface area (Å²) < 4.78 is 26.7. The normalized spacial score (nSPS) is 19.5. The maximum Gasteiger partial charge on any atom is 0.245 e. The summed E-state index contributed by atoms with van der Waals surface area (Å²) in [6.45, 7) is 1.72. The molecule has 3 N–H and O–H groups in total. The lowest BCUT2D eigenvalue weighted by Crippen LogP contribution is -2.57. The van der Waals surface area contributed by atoms with E-state index in [9.17, 15) is 23.1 Å². The standard InChI is InChI=1S/C32H35ClN4O5S.ClH/c1-43(41,42)37-20-32(26-4-2-3-5-29(26)37)12-14-36(15-13-32)31(40)28(16-21-6-9-24(33)10-7-21)35-30(39)27-18-22-8-11-25(38)17-23(22)19-34-27;/h2-11,17,27-28,34,38H,12-16,18-20H2,1H3,(H,35,39);1H/t27?,28-;/m1./s1. The van der Waals surface area contributed by atoms with Crippen LogP contribution in [0.3, 0.4) is 0 Å². The number of fused-ring (bicyclic) bond motifs is 3. The summed E-state index contributed by atoms with van der Waals surface area (Å²) in [4.78, 5) is 29.3. The van der Waals surface area contributed by atoms with Gasteiger partial charge in [-0.25, -0.2) is 8.42 Å². The van der Waals surface area contributed by atoms with Gasteiger partial charge in [0.2, 0.25) is 21.8 Å².